The van der Waals surface area contributed by atoms with E-state index in [-0.39, 0.29) is 20.1 Å². The number of nitrogens with zero attached hydrogens (tertiary/aromatic N) is 3. The summed E-state index contributed by atoms with van der Waals surface area (Å²) < 4.78 is 0. The number of hydrogen-bond donors (Lipinski definition) is 0. The maximum Gasteiger partial charge on any atom is 3.00 e. The van der Waals surface area contributed by atoms with Gasteiger partial charge in [0.05, 0.1) is 0 Å². The predicted molar refractivity (Wildman–Crippen MR) is 246 cm³/mol. The molecule has 0 spiro atoms. The SMILES string of the molecule is Cc1ccc(-c2[c-]cc(C)c(-c3ccccc3)c2)nc1.Cc1ccc(-c2cc(-c3[c-]cccc3)ncc2C)c(C)c1.[Ir+3].[c-]1cc(-c2ccccc2)ccc1-c1ccccn1. The Labute approximate surface area is 369 Å². The van der Waals surface area contributed by atoms with Gasteiger partial charge in [-0.05, 0) is 84.2 Å². The largest absolute Gasteiger partial charge is 3.00 e. The minimum atomic E-state index is 0. The van der Waals surface area contributed by atoms with Crippen molar-refractivity contribution in [2.45, 2.75) is 34.6 Å². The van der Waals surface area contributed by atoms with Crippen molar-refractivity contribution in [2.75, 3.05) is 0 Å². The Morgan fingerprint density at radius 2 is 1.03 bits per heavy atom. The van der Waals surface area contributed by atoms with Gasteiger partial charge in [-0.1, -0.05) is 138 Å². The first kappa shape index (κ1) is 43.0. The Bertz CT molecular complexity index is 2660. The molecule has 60 heavy (non-hydrogen) atoms. The molecule has 9 aromatic rings. The van der Waals surface area contributed by atoms with Crippen LogP contribution in [-0.2, 0) is 20.1 Å². The summed E-state index contributed by atoms with van der Waals surface area (Å²) >= 11 is 0. The molecular formula is C56H46IrN3. The Hall–Kier alpha value is -6.58. The molecule has 3 nitrogen and oxygen atoms in total. The van der Waals surface area contributed by atoms with Gasteiger partial charge in [-0.25, -0.2) is 0 Å². The Balaban J connectivity index is 0.000000150. The van der Waals surface area contributed by atoms with Gasteiger partial charge < -0.3 is 15.0 Å². The van der Waals surface area contributed by atoms with Crippen LogP contribution in [0.4, 0.5) is 0 Å². The van der Waals surface area contributed by atoms with Gasteiger partial charge in [0.1, 0.15) is 0 Å². The second-order valence-corrected chi connectivity index (χ2v) is 14.6. The third-order valence-electron chi connectivity index (χ3n) is 10.1. The van der Waals surface area contributed by atoms with Crippen molar-refractivity contribution in [3.05, 3.63) is 234 Å². The van der Waals surface area contributed by atoms with Gasteiger partial charge >= 0.3 is 20.1 Å². The van der Waals surface area contributed by atoms with Gasteiger partial charge in [0.2, 0.25) is 0 Å². The van der Waals surface area contributed by atoms with E-state index in [1.807, 2.05) is 104 Å². The molecule has 0 atom stereocenters. The molecule has 0 bridgehead atoms. The molecule has 4 heteroatoms. The molecule has 294 valence electrons. The molecule has 3 aromatic heterocycles. The van der Waals surface area contributed by atoms with Crippen LogP contribution in [-0.4, -0.2) is 15.0 Å². The van der Waals surface area contributed by atoms with Crippen LogP contribution in [0.2, 0.25) is 0 Å². The summed E-state index contributed by atoms with van der Waals surface area (Å²) in [7, 11) is 0. The summed E-state index contributed by atoms with van der Waals surface area (Å²) in [4.78, 5) is 13.4. The topological polar surface area (TPSA) is 38.7 Å². The molecule has 0 amide bonds. The number of aromatic nitrogens is 3. The fourth-order valence-electron chi connectivity index (χ4n) is 6.81. The van der Waals surface area contributed by atoms with E-state index in [1.165, 1.54) is 61.2 Å². The van der Waals surface area contributed by atoms with E-state index in [4.69, 9.17) is 0 Å². The van der Waals surface area contributed by atoms with E-state index >= 15 is 0 Å². The third kappa shape index (κ3) is 11.1. The van der Waals surface area contributed by atoms with Crippen LogP contribution in [0.1, 0.15) is 27.8 Å². The number of aryl methyl sites for hydroxylation is 5. The van der Waals surface area contributed by atoms with Crippen molar-refractivity contribution >= 4 is 0 Å². The minimum Gasteiger partial charge on any atom is -0.305 e. The molecular weight excluding hydrogens is 907 g/mol. The Morgan fingerprint density at radius 3 is 1.68 bits per heavy atom. The molecule has 3 heterocycles. The first-order valence-electron chi connectivity index (χ1n) is 19.8. The molecule has 9 rings (SSSR count). The molecule has 6 aromatic carbocycles. The summed E-state index contributed by atoms with van der Waals surface area (Å²) in [5.41, 5.74) is 19.5. The van der Waals surface area contributed by atoms with Crippen molar-refractivity contribution in [2.24, 2.45) is 0 Å². The van der Waals surface area contributed by atoms with Crippen LogP contribution in [0.25, 0.3) is 67.2 Å². The number of benzene rings is 6. The van der Waals surface area contributed by atoms with Crippen molar-refractivity contribution in [3.63, 3.8) is 0 Å². The molecule has 0 unspecified atom stereocenters. The summed E-state index contributed by atoms with van der Waals surface area (Å²) in [6.07, 6.45) is 5.64. The molecule has 0 aliphatic heterocycles. The monoisotopic (exact) mass is 953 g/mol. The molecule has 0 aliphatic rings. The van der Waals surface area contributed by atoms with Crippen molar-refractivity contribution in [1.82, 2.24) is 15.0 Å². The standard InChI is InChI=1S/C20H18N.C19H16N.C17H12N.Ir/c1-14-9-10-18(15(2)11-14)19-12-20(21-13-16(19)3)17-7-5-4-6-8-17;1-14-8-11-19(20-13-14)17-10-9-15(2)18(12-17)16-6-4-3-5-7-16;1-2-6-14(7-3-1)15-9-11-16(12-10-15)17-8-4-5-13-18-17;/h4-7,9-13H,1-3H3;3-9,11-13H,1-2H3;1-11,13H;/q3*-1;+3. The van der Waals surface area contributed by atoms with Crippen molar-refractivity contribution in [3.8, 4) is 67.2 Å². The molecule has 0 radical (unpaired) electrons. The summed E-state index contributed by atoms with van der Waals surface area (Å²) in [6.45, 7) is 10.6. The van der Waals surface area contributed by atoms with E-state index in [0.29, 0.717) is 0 Å². The summed E-state index contributed by atoms with van der Waals surface area (Å²) in [6, 6.07) is 67.7. The normalized spacial score (nSPS) is 10.3. The zero-order chi connectivity index (χ0) is 41.0. The quantitative estimate of drug-likeness (QED) is 0.156. The van der Waals surface area contributed by atoms with Gasteiger partial charge in [-0.2, -0.15) is 0 Å². The number of pyridine rings is 3. The summed E-state index contributed by atoms with van der Waals surface area (Å²) in [5, 5.41) is 0. The first-order chi connectivity index (χ1) is 28.8. The molecule has 0 fully saturated rings. The zero-order valence-corrected chi connectivity index (χ0v) is 37.0. The van der Waals surface area contributed by atoms with E-state index in [9.17, 15) is 0 Å². The average Bonchev–Trinajstić information content (AvgIpc) is 3.29. The van der Waals surface area contributed by atoms with E-state index in [2.05, 4.69) is 146 Å². The van der Waals surface area contributed by atoms with Crippen molar-refractivity contribution < 1.29 is 20.1 Å². The fraction of sp³-hybridized carbons (Fsp3) is 0.0893. The Morgan fingerprint density at radius 1 is 0.367 bits per heavy atom. The second-order valence-electron chi connectivity index (χ2n) is 14.6. The van der Waals surface area contributed by atoms with Crippen molar-refractivity contribution in [1.29, 1.82) is 0 Å². The average molecular weight is 953 g/mol. The van der Waals surface area contributed by atoms with Gasteiger partial charge in [0.15, 0.2) is 0 Å². The van der Waals surface area contributed by atoms with Crippen LogP contribution < -0.4 is 0 Å². The van der Waals surface area contributed by atoms with Crippen LogP contribution in [0, 0.1) is 52.8 Å². The molecule has 0 N–H and O–H groups in total. The third-order valence-corrected chi connectivity index (χ3v) is 10.1. The molecule has 0 saturated heterocycles. The van der Waals surface area contributed by atoms with Gasteiger partial charge in [-0.3, -0.25) is 0 Å². The maximum atomic E-state index is 4.55. The van der Waals surface area contributed by atoms with Crippen LogP contribution in [0.15, 0.2) is 188 Å². The smallest absolute Gasteiger partial charge is 0.305 e. The molecule has 0 aliphatic carbocycles. The summed E-state index contributed by atoms with van der Waals surface area (Å²) in [5.74, 6) is 0. The van der Waals surface area contributed by atoms with Gasteiger partial charge in [0, 0.05) is 18.6 Å². The zero-order valence-electron chi connectivity index (χ0n) is 34.6. The minimum absolute atomic E-state index is 0. The molecule has 0 saturated carbocycles. The Kier molecular flexibility index (Phi) is 15.0. The maximum absolute atomic E-state index is 4.55. The first-order valence-corrected chi connectivity index (χ1v) is 19.8. The van der Waals surface area contributed by atoms with Gasteiger partial charge in [0.25, 0.3) is 0 Å². The van der Waals surface area contributed by atoms with Crippen LogP contribution in [0.3, 0.4) is 0 Å². The number of rotatable bonds is 6. The van der Waals surface area contributed by atoms with E-state index < -0.39 is 0 Å². The van der Waals surface area contributed by atoms with E-state index in [0.717, 1.165) is 33.8 Å². The number of hydrogen-bond acceptors (Lipinski definition) is 3. The predicted octanol–water partition coefficient (Wildman–Crippen LogP) is 14.2. The van der Waals surface area contributed by atoms with Crippen LogP contribution in [0.5, 0.6) is 0 Å². The van der Waals surface area contributed by atoms with E-state index in [1.54, 1.807) is 6.20 Å². The fourth-order valence-corrected chi connectivity index (χ4v) is 6.81. The van der Waals surface area contributed by atoms with Gasteiger partial charge in [-0.15, -0.1) is 95.1 Å². The van der Waals surface area contributed by atoms with Crippen LogP contribution >= 0.6 is 0 Å². The second kappa shape index (κ2) is 20.9.